The fraction of sp³-hybridized carbons (Fsp3) is 0.462. The van der Waals surface area contributed by atoms with Gasteiger partial charge in [0.05, 0.1) is 5.01 Å². The molecule has 0 radical (unpaired) electrons. The molecule has 0 aromatic carbocycles. The molecule has 2 rings (SSSR count). The van der Waals surface area contributed by atoms with E-state index in [0.29, 0.717) is 6.04 Å². The van der Waals surface area contributed by atoms with Crippen molar-refractivity contribution < 1.29 is 4.42 Å². The number of rotatable bonds is 5. The highest BCUT2D eigenvalue weighted by Crippen LogP contribution is 2.25. The Labute approximate surface area is 106 Å². The van der Waals surface area contributed by atoms with Crippen LogP contribution < -0.4 is 5.32 Å². The third-order valence-corrected chi connectivity index (χ3v) is 3.57. The maximum absolute atomic E-state index is 5.60. The normalized spacial score (nSPS) is 12.9. The van der Waals surface area contributed by atoms with Crippen LogP contribution in [0.5, 0.6) is 0 Å². The number of hydrogen-bond donors (Lipinski definition) is 1. The number of hydrogen-bond acceptors (Lipinski definition) is 4. The Morgan fingerprint density at radius 2 is 2.29 bits per heavy atom. The van der Waals surface area contributed by atoms with Crippen molar-refractivity contribution in [2.45, 2.75) is 33.2 Å². The molecule has 2 heterocycles. The van der Waals surface area contributed by atoms with E-state index in [0.717, 1.165) is 29.5 Å². The Balaban J connectivity index is 2.19. The smallest absolute Gasteiger partial charge is 0.105 e. The van der Waals surface area contributed by atoms with E-state index in [2.05, 4.69) is 23.3 Å². The van der Waals surface area contributed by atoms with Crippen LogP contribution in [-0.2, 0) is 6.42 Å². The molecule has 1 atom stereocenters. The zero-order chi connectivity index (χ0) is 12.3. The number of thiazole rings is 1. The predicted octanol–water partition coefficient (Wildman–Crippen LogP) is 3.25. The van der Waals surface area contributed by atoms with E-state index in [-0.39, 0.29) is 0 Å². The number of nitrogens with one attached hydrogen (secondary N) is 1. The highest BCUT2D eigenvalue weighted by molar-refractivity contribution is 7.09. The predicted molar refractivity (Wildman–Crippen MR) is 70.4 cm³/mol. The van der Waals surface area contributed by atoms with Gasteiger partial charge in [-0.1, -0.05) is 6.92 Å². The number of furan rings is 1. The molecule has 1 N–H and O–H groups in total. The van der Waals surface area contributed by atoms with Crippen LogP contribution in [0.15, 0.2) is 22.1 Å². The third kappa shape index (κ3) is 2.96. The van der Waals surface area contributed by atoms with Crippen LogP contribution in [0, 0.1) is 13.8 Å². The van der Waals surface area contributed by atoms with Crippen molar-refractivity contribution in [2.75, 3.05) is 6.54 Å². The van der Waals surface area contributed by atoms with Crippen LogP contribution >= 0.6 is 11.3 Å². The number of aromatic nitrogens is 1. The number of likely N-dealkylation sites (N-methyl/N-ethyl adjacent to an activating group) is 1. The van der Waals surface area contributed by atoms with Gasteiger partial charge in [-0.2, -0.15) is 0 Å². The first-order chi connectivity index (χ1) is 8.20. The molecule has 0 amide bonds. The number of aryl methyl sites for hydroxylation is 2. The van der Waals surface area contributed by atoms with Crippen LogP contribution in [0.25, 0.3) is 0 Å². The summed E-state index contributed by atoms with van der Waals surface area (Å²) in [5.74, 6) is 1.98. The van der Waals surface area contributed by atoms with Gasteiger partial charge in [-0.05, 0) is 26.5 Å². The Kier molecular flexibility index (Phi) is 3.97. The van der Waals surface area contributed by atoms with Gasteiger partial charge in [0.2, 0.25) is 0 Å². The molecular weight excluding hydrogens is 232 g/mol. The molecule has 0 saturated heterocycles. The zero-order valence-corrected chi connectivity index (χ0v) is 11.3. The Morgan fingerprint density at radius 3 is 2.82 bits per heavy atom. The van der Waals surface area contributed by atoms with E-state index in [1.807, 2.05) is 25.4 Å². The molecule has 0 aliphatic carbocycles. The second-order valence-electron chi connectivity index (χ2n) is 4.11. The van der Waals surface area contributed by atoms with Crippen LogP contribution in [0.3, 0.4) is 0 Å². The van der Waals surface area contributed by atoms with Gasteiger partial charge in [-0.25, -0.2) is 4.98 Å². The largest absolute Gasteiger partial charge is 0.466 e. The number of nitrogens with zero attached hydrogens (tertiary/aromatic N) is 1. The van der Waals surface area contributed by atoms with Crippen molar-refractivity contribution in [3.8, 4) is 0 Å². The van der Waals surface area contributed by atoms with Crippen LogP contribution in [0.2, 0.25) is 0 Å². The topological polar surface area (TPSA) is 38.1 Å². The molecule has 2 aromatic rings. The molecule has 92 valence electrons. The first-order valence-corrected chi connectivity index (χ1v) is 6.77. The lowest BCUT2D eigenvalue weighted by Gasteiger charge is -2.15. The highest BCUT2D eigenvalue weighted by Gasteiger charge is 2.17. The maximum atomic E-state index is 5.60. The Morgan fingerprint density at radius 1 is 1.47 bits per heavy atom. The van der Waals surface area contributed by atoms with E-state index in [9.17, 15) is 0 Å². The monoisotopic (exact) mass is 250 g/mol. The first kappa shape index (κ1) is 12.3. The lowest BCUT2D eigenvalue weighted by Crippen LogP contribution is -2.23. The van der Waals surface area contributed by atoms with E-state index in [1.165, 1.54) is 5.56 Å². The molecule has 3 nitrogen and oxygen atoms in total. The van der Waals surface area contributed by atoms with Gasteiger partial charge in [-0.15, -0.1) is 11.3 Å². The Hall–Kier alpha value is -1.13. The summed E-state index contributed by atoms with van der Waals surface area (Å²) in [6.45, 7) is 7.08. The van der Waals surface area contributed by atoms with Gasteiger partial charge in [0.25, 0.3) is 0 Å². The molecule has 0 fully saturated rings. The second-order valence-corrected chi connectivity index (χ2v) is 5.09. The SMILES string of the molecule is CCNC(Cc1nccs1)c1cc(C)oc1C. The lowest BCUT2D eigenvalue weighted by molar-refractivity contribution is 0.484. The van der Waals surface area contributed by atoms with Crippen molar-refractivity contribution in [1.29, 1.82) is 0 Å². The quantitative estimate of drug-likeness (QED) is 0.885. The second kappa shape index (κ2) is 5.47. The fourth-order valence-electron chi connectivity index (χ4n) is 2.06. The van der Waals surface area contributed by atoms with E-state index in [1.54, 1.807) is 11.3 Å². The summed E-state index contributed by atoms with van der Waals surface area (Å²) in [6, 6.07) is 2.42. The van der Waals surface area contributed by atoms with Gasteiger partial charge in [0.15, 0.2) is 0 Å². The molecule has 0 bridgehead atoms. The molecular formula is C13H18N2OS. The first-order valence-electron chi connectivity index (χ1n) is 5.89. The van der Waals surface area contributed by atoms with E-state index in [4.69, 9.17) is 4.42 Å². The van der Waals surface area contributed by atoms with Gasteiger partial charge in [-0.3, -0.25) is 0 Å². The van der Waals surface area contributed by atoms with Gasteiger partial charge in [0.1, 0.15) is 11.5 Å². The highest BCUT2D eigenvalue weighted by atomic mass is 32.1. The van der Waals surface area contributed by atoms with Crippen LogP contribution in [0.1, 0.15) is 35.1 Å². The molecule has 0 spiro atoms. The van der Waals surface area contributed by atoms with E-state index < -0.39 is 0 Å². The van der Waals surface area contributed by atoms with Gasteiger partial charge in [0, 0.05) is 29.6 Å². The van der Waals surface area contributed by atoms with Crippen molar-refractivity contribution in [3.05, 3.63) is 39.7 Å². The minimum Gasteiger partial charge on any atom is -0.466 e. The van der Waals surface area contributed by atoms with Crippen molar-refractivity contribution in [1.82, 2.24) is 10.3 Å². The molecule has 4 heteroatoms. The van der Waals surface area contributed by atoms with Gasteiger partial charge >= 0.3 is 0 Å². The maximum Gasteiger partial charge on any atom is 0.105 e. The summed E-state index contributed by atoms with van der Waals surface area (Å²) >= 11 is 1.70. The molecule has 1 unspecified atom stereocenters. The Bertz CT molecular complexity index is 462. The third-order valence-electron chi connectivity index (χ3n) is 2.77. The van der Waals surface area contributed by atoms with Crippen molar-refractivity contribution in [3.63, 3.8) is 0 Å². The molecule has 0 aliphatic rings. The lowest BCUT2D eigenvalue weighted by atomic mass is 10.0. The molecule has 0 saturated carbocycles. The summed E-state index contributed by atoms with van der Waals surface area (Å²) in [4.78, 5) is 4.35. The summed E-state index contributed by atoms with van der Waals surface area (Å²) in [6.07, 6.45) is 2.78. The average molecular weight is 250 g/mol. The average Bonchev–Trinajstić information content (AvgIpc) is 2.88. The molecule has 2 aromatic heterocycles. The molecule has 0 aliphatic heterocycles. The van der Waals surface area contributed by atoms with Crippen LogP contribution in [-0.4, -0.2) is 11.5 Å². The van der Waals surface area contributed by atoms with E-state index >= 15 is 0 Å². The molecule has 17 heavy (non-hydrogen) atoms. The van der Waals surface area contributed by atoms with Crippen molar-refractivity contribution in [2.24, 2.45) is 0 Å². The van der Waals surface area contributed by atoms with Gasteiger partial charge < -0.3 is 9.73 Å². The summed E-state index contributed by atoms with van der Waals surface area (Å²) in [7, 11) is 0. The van der Waals surface area contributed by atoms with Crippen LogP contribution in [0.4, 0.5) is 0 Å². The standard InChI is InChI=1S/C13H18N2OS/c1-4-14-12(8-13-15-5-6-17-13)11-7-9(2)16-10(11)3/h5-7,12,14H,4,8H2,1-3H3. The summed E-state index contributed by atoms with van der Waals surface area (Å²) in [5, 5.41) is 6.68. The summed E-state index contributed by atoms with van der Waals surface area (Å²) < 4.78 is 5.60. The zero-order valence-electron chi connectivity index (χ0n) is 10.5. The minimum atomic E-state index is 0.295. The fourth-order valence-corrected chi connectivity index (χ4v) is 2.73. The van der Waals surface area contributed by atoms with Crippen molar-refractivity contribution >= 4 is 11.3 Å². The minimum absolute atomic E-state index is 0.295. The summed E-state index contributed by atoms with van der Waals surface area (Å²) in [5.41, 5.74) is 1.25.